The van der Waals surface area contributed by atoms with Gasteiger partial charge in [0.05, 0.1) is 16.7 Å². The van der Waals surface area contributed by atoms with Crippen LogP contribution in [-0.2, 0) is 10.0 Å². The van der Waals surface area contributed by atoms with Gasteiger partial charge in [0.1, 0.15) is 0 Å². The van der Waals surface area contributed by atoms with Crippen molar-refractivity contribution < 1.29 is 22.7 Å². The molecule has 1 atom stereocenters. The van der Waals surface area contributed by atoms with Crippen molar-refractivity contribution in [2.75, 3.05) is 18.4 Å². The lowest BCUT2D eigenvalue weighted by Gasteiger charge is -2.29. The zero-order valence-electron chi connectivity index (χ0n) is 14.6. The number of nitrogens with one attached hydrogen (secondary N) is 1. The molecule has 1 aromatic carbocycles. The van der Waals surface area contributed by atoms with Crippen molar-refractivity contribution in [1.82, 2.24) is 9.29 Å². The molecule has 2 aromatic rings. The van der Waals surface area contributed by atoms with Gasteiger partial charge in [-0.25, -0.2) is 13.4 Å². The number of sulfonamides is 1. The number of aliphatic hydroxyl groups is 1. The van der Waals surface area contributed by atoms with Crippen LogP contribution in [0.3, 0.4) is 0 Å². The van der Waals surface area contributed by atoms with E-state index in [0.29, 0.717) is 36.7 Å². The van der Waals surface area contributed by atoms with Gasteiger partial charge in [-0.3, -0.25) is 4.79 Å². The number of aliphatic hydroxyl groups excluding tert-OH is 1. The number of aryl methyl sites for hydroxylation is 2. The predicted octanol–water partition coefficient (Wildman–Crippen LogP) is 1.69. The smallest absolute Gasteiger partial charge is 0.293 e. The number of β-amino-alcohol motifs (C(OH)–C–C–N with tert-alkyl or cyclic N) is 1. The Labute approximate surface area is 151 Å². The van der Waals surface area contributed by atoms with E-state index in [9.17, 15) is 18.3 Å². The average Bonchev–Trinajstić information content (AvgIpc) is 2.93. The molecule has 9 heteroatoms. The van der Waals surface area contributed by atoms with E-state index in [1.165, 1.54) is 16.4 Å². The molecular formula is C17H21N3O5S. The Morgan fingerprint density at radius 2 is 2.15 bits per heavy atom. The highest BCUT2D eigenvalue weighted by molar-refractivity contribution is 7.89. The van der Waals surface area contributed by atoms with Crippen LogP contribution in [0, 0.1) is 13.8 Å². The van der Waals surface area contributed by atoms with Crippen molar-refractivity contribution in [3.63, 3.8) is 0 Å². The summed E-state index contributed by atoms with van der Waals surface area (Å²) in [5.41, 5.74) is 0.799. The zero-order valence-corrected chi connectivity index (χ0v) is 15.4. The first-order valence-electron chi connectivity index (χ1n) is 8.31. The molecule has 1 aliphatic heterocycles. The van der Waals surface area contributed by atoms with Crippen LogP contribution >= 0.6 is 0 Å². The van der Waals surface area contributed by atoms with E-state index < -0.39 is 22.0 Å². The van der Waals surface area contributed by atoms with Crippen molar-refractivity contribution in [3.8, 4) is 0 Å². The van der Waals surface area contributed by atoms with Gasteiger partial charge in [0.25, 0.3) is 5.91 Å². The standard InChI is InChI=1S/C17H21N3O5S/c1-11-16(25-12(2)18-11)17(22)19-13-5-3-7-15(9-13)26(23,24)20-8-4-6-14(21)10-20/h3,5,7,9,14,21H,4,6,8,10H2,1-2H3,(H,19,22). The quantitative estimate of drug-likeness (QED) is 0.836. The number of rotatable bonds is 4. The fourth-order valence-electron chi connectivity index (χ4n) is 2.95. The van der Waals surface area contributed by atoms with Crippen molar-refractivity contribution in [3.05, 3.63) is 41.6 Å². The molecule has 1 fully saturated rings. The number of hydrogen-bond acceptors (Lipinski definition) is 6. The maximum Gasteiger partial charge on any atom is 0.293 e. The summed E-state index contributed by atoms with van der Waals surface area (Å²) in [5.74, 6) is -0.0198. The van der Waals surface area contributed by atoms with Crippen molar-refractivity contribution in [1.29, 1.82) is 0 Å². The van der Waals surface area contributed by atoms with Gasteiger partial charge in [0.2, 0.25) is 15.8 Å². The fourth-order valence-corrected chi connectivity index (χ4v) is 4.51. The Morgan fingerprint density at radius 3 is 2.81 bits per heavy atom. The lowest BCUT2D eigenvalue weighted by molar-refractivity contribution is 0.0994. The second-order valence-corrected chi connectivity index (χ2v) is 8.23. The van der Waals surface area contributed by atoms with Crippen LogP contribution < -0.4 is 5.32 Å². The summed E-state index contributed by atoms with van der Waals surface area (Å²) in [4.78, 5) is 16.4. The maximum absolute atomic E-state index is 12.8. The number of carbonyl (C=O) groups is 1. The molecule has 140 valence electrons. The number of piperidine rings is 1. The molecule has 1 saturated heterocycles. The first kappa shape index (κ1) is 18.6. The average molecular weight is 379 g/mol. The molecule has 1 unspecified atom stereocenters. The molecule has 1 aromatic heterocycles. The molecule has 0 spiro atoms. The first-order valence-corrected chi connectivity index (χ1v) is 9.75. The van der Waals surface area contributed by atoms with E-state index >= 15 is 0 Å². The van der Waals surface area contributed by atoms with Gasteiger partial charge >= 0.3 is 0 Å². The molecule has 0 aliphatic carbocycles. The first-order chi connectivity index (χ1) is 12.3. The monoisotopic (exact) mass is 379 g/mol. The largest absolute Gasteiger partial charge is 0.436 e. The number of hydrogen-bond donors (Lipinski definition) is 2. The molecule has 3 rings (SSSR count). The topological polar surface area (TPSA) is 113 Å². The van der Waals surface area contributed by atoms with Crippen LogP contribution in [0.15, 0.2) is 33.6 Å². The second kappa shape index (κ2) is 7.18. The molecule has 1 aliphatic rings. The van der Waals surface area contributed by atoms with Crippen molar-refractivity contribution in [2.24, 2.45) is 0 Å². The number of amides is 1. The van der Waals surface area contributed by atoms with Crippen LogP contribution in [0.25, 0.3) is 0 Å². The Bertz CT molecular complexity index is 922. The van der Waals surface area contributed by atoms with E-state index in [-0.39, 0.29) is 17.2 Å². The minimum Gasteiger partial charge on any atom is -0.436 e. The fraction of sp³-hybridized carbons (Fsp3) is 0.412. The number of oxazole rings is 1. The van der Waals surface area contributed by atoms with Gasteiger partial charge in [-0.05, 0) is 38.0 Å². The van der Waals surface area contributed by atoms with Crippen LogP contribution in [0.4, 0.5) is 5.69 Å². The molecule has 8 nitrogen and oxygen atoms in total. The summed E-state index contributed by atoms with van der Waals surface area (Å²) in [7, 11) is -3.74. The Hall–Kier alpha value is -2.23. The minimum absolute atomic E-state index is 0.0647. The molecule has 1 amide bonds. The van der Waals surface area contributed by atoms with Crippen molar-refractivity contribution >= 4 is 21.6 Å². The molecular weight excluding hydrogens is 358 g/mol. The SMILES string of the molecule is Cc1nc(C)c(C(=O)Nc2cccc(S(=O)(=O)N3CCCC(O)C3)c2)o1. The Kier molecular flexibility index (Phi) is 5.12. The van der Waals surface area contributed by atoms with Gasteiger partial charge in [-0.1, -0.05) is 6.07 Å². The third-order valence-electron chi connectivity index (χ3n) is 4.20. The van der Waals surface area contributed by atoms with E-state index in [1.54, 1.807) is 26.0 Å². The van der Waals surface area contributed by atoms with Gasteiger partial charge in [0.15, 0.2) is 5.89 Å². The number of benzene rings is 1. The normalized spacial score (nSPS) is 18.7. The third kappa shape index (κ3) is 3.79. The summed E-state index contributed by atoms with van der Waals surface area (Å²) < 4.78 is 32.1. The summed E-state index contributed by atoms with van der Waals surface area (Å²) in [6.45, 7) is 3.75. The number of nitrogens with zero attached hydrogens (tertiary/aromatic N) is 2. The van der Waals surface area contributed by atoms with Gasteiger partial charge in [0, 0.05) is 25.7 Å². The van der Waals surface area contributed by atoms with E-state index in [2.05, 4.69) is 10.3 Å². The lowest BCUT2D eigenvalue weighted by atomic mass is 10.1. The maximum atomic E-state index is 12.8. The Balaban J connectivity index is 1.82. The van der Waals surface area contributed by atoms with Crippen LogP contribution in [0.5, 0.6) is 0 Å². The highest BCUT2D eigenvalue weighted by Gasteiger charge is 2.29. The summed E-state index contributed by atoms with van der Waals surface area (Å²) in [6, 6.07) is 6.02. The number of carbonyl (C=O) groups excluding carboxylic acids is 1. The van der Waals surface area contributed by atoms with E-state index in [4.69, 9.17) is 4.42 Å². The summed E-state index contributed by atoms with van der Waals surface area (Å²) in [6.07, 6.45) is 0.554. The van der Waals surface area contributed by atoms with Crippen LogP contribution in [0.2, 0.25) is 0 Å². The zero-order chi connectivity index (χ0) is 18.9. The third-order valence-corrected chi connectivity index (χ3v) is 6.06. The molecule has 0 saturated carbocycles. The van der Waals surface area contributed by atoms with Gasteiger partial charge in [-0.2, -0.15) is 4.31 Å². The van der Waals surface area contributed by atoms with E-state index in [0.717, 1.165) is 0 Å². The van der Waals surface area contributed by atoms with Crippen molar-refractivity contribution in [2.45, 2.75) is 37.7 Å². The minimum atomic E-state index is -3.74. The summed E-state index contributed by atoms with van der Waals surface area (Å²) in [5, 5.41) is 12.4. The van der Waals surface area contributed by atoms with Gasteiger partial charge in [-0.15, -0.1) is 0 Å². The number of anilines is 1. The molecule has 2 heterocycles. The highest BCUT2D eigenvalue weighted by atomic mass is 32.2. The van der Waals surface area contributed by atoms with Gasteiger partial charge < -0.3 is 14.8 Å². The molecule has 26 heavy (non-hydrogen) atoms. The summed E-state index contributed by atoms with van der Waals surface area (Å²) >= 11 is 0. The predicted molar refractivity (Wildman–Crippen MR) is 94.4 cm³/mol. The molecule has 0 bridgehead atoms. The van der Waals surface area contributed by atoms with E-state index in [1.807, 2.05) is 0 Å². The lowest BCUT2D eigenvalue weighted by Crippen LogP contribution is -2.42. The highest BCUT2D eigenvalue weighted by Crippen LogP contribution is 2.23. The molecule has 0 radical (unpaired) electrons. The molecule has 2 N–H and O–H groups in total. The van der Waals surface area contributed by atoms with Crippen LogP contribution in [0.1, 0.15) is 35.0 Å². The second-order valence-electron chi connectivity index (χ2n) is 6.29. The Morgan fingerprint density at radius 1 is 1.38 bits per heavy atom. The number of aromatic nitrogens is 1. The van der Waals surface area contributed by atoms with Crippen LogP contribution in [-0.4, -0.2) is 47.9 Å².